The number of hydrogen-bond acceptors (Lipinski definition) is 1. The Morgan fingerprint density at radius 3 is 2.08 bits per heavy atom. The fourth-order valence-electron chi connectivity index (χ4n) is 3.31. The number of rotatable bonds is 0. The van der Waals surface area contributed by atoms with Crippen LogP contribution in [0.25, 0.3) is 0 Å². The van der Waals surface area contributed by atoms with E-state index < -0.39 is 0 Å². The summed E-state index contributed by atoms with van der Waals surface area (Å²) in [4.78, 5) is 0. The molecule has 1 heteroatoms. The van der Waals surface area contributed by atoms with Crippen LogP contribution in [-0.4, -0.2) is 11.2 Å². The third kappa shape index (κ3) is 1.19. The van der Waals surface area contributed by atoms with Gasteiger partial charge in [-0.1, -0.05) is 20.8 Å². The molecule has 0 heterocycles. The minimum absolute atomic E-state index is 0.0213. The Hall–Kier alpha value is -0.0400. The van der Waals surface area contributed by atoms with Crippen molar-refractivity contribution in [3.05, 3.63) is 0 Å². The summed E-state index contributed by atoms with van der Waals surface area (Å²) in [6, 6.07) is 0. The van der Waals surface area contributed by atoms with Gasteiger partial charge in [0.1, 0.15) is 0 Å². The van der Waals surface area contributed by atoms with E-state index in [1.807, 2.05) is 0 Å². The molecule has 0 aromatic rings. The molecule has 4 atom stereocenters. The van der Waals surface area contributed by atoms with Gasteiger partial charge in [0.15, 0.2) is 0 Å². The van der Waals surface area contributed by atoms with Crippen LogP contribution in [0.15, 0.2) is 0 Å². The van der Waals surface area contributed by atoms with Crippen LogP contribution in [0.1, 0.15) is 40.0 Å². The Labute approximate surface area is 75.2 Å². The van der Waals surface area contributed by atoms with Crippen molar-refractivity contribution in [2.75, 3.05) is 0 Å². The summed E-state index contributed by atoms with van der Waals surface area (Å²) in [7, 11) is 0. The standard InChI is InChI=1S/C11H20O/c1-11(2,3)9-5-7-4-8(9)10(12)6-7/h7-10,12H,4-6H2,1-3H3/t7-,8+,9+,10-/m1/s1. The predicted molar refractivity (Wildman–Crippen MR) is 49.8 cm³/mol. The van der Waals surface area contributed by atoms with E-state index in [1.54, 1.807) is 0 Å². The lowest BCUT2D eigenvalue weighted by Crippen LogP contribution is -2.32. The van der Waals surface area contributed by atoms with E-state index >= 15 is 0 Å². The molecule has 0 aromatic heterocycles. The van der Waals surface area contributed by atoms with E-state index in [9.17, 15) is 5.11 Å². The molecule has 70 valence electrons. The van der Waals surface area contributed by atoms with Crippen LogP contribution in [0.3, 0.4) is 0 Å². The summed E-state index contributed by atoms with van der Waals surface area (Å²) < 4.78 is 0. The molecule has 0 unspecified atom stereocenters. The molecule has 2 rings (SSSR count). The van der Waals surface area contributed by atoms with Crippen molar-refractivity contribution in [3.63, 3.8) is 0 Å². The summed E-state index contributed by atoms with van der Waals surface area (Å²) >= 11 is 0. The van der Waals surface area contributed by atoms with Crippen LogP contribution in [0, 0.1) is 23.2 Å². The largest absolute Gasteiger partial charge is 0.393 e. The van der Waals surface area contributed by atoms with Gasteiger partial charge in [0.25, 0.3) is 0 Å². The summed E-state index contributed by atoms with van der Waals surface area (Å²) in [6.45, 7) is 6.93. The van der Waals surface area contributed by atoms with Crippen LogP contribution >= 0.6 is 0 Å². The number of fused-ring (bicyclic) bond motifs is 2. The van der Waals surface area contributed by atoms with Crippen molar-refractivity contribution in [3.8, 4) is 0 Å². The van der Waals surface area contributed by atoms with Crippen molar-refractivity contribution in [1.82, 2.24) is 0 Å². The van der Waals surface area contributed by atoms with Crippen molar-refractivity contribution >= 4 is 0 Å². The minimum Gasteiger partial charge on any atom is -0.393 e. The zero-order valence-corrected chi connectivity index (χ0v) is 8.38. The highest BCUT2D eigenvalue weighted by Gasteiger charge is 2.49. The van der Waals surface area contributed by atoms with Gasteiger partial charge >= 0.3 is 0 Å². The highest BCUT2D eigenvalue weighted by Crippen LogP contribution is 2.54. The topological polar surface area (TPSA) is 20.2 Å². The Morgan fingerprint density at radius 2 is 1.75 bits per heavy atom. The fraction of sp³-hybridized carbons (Fsp3) is 1.00. The summed E-state index contributed by atoms with van der Waals surface area (Å²) in [5.74, 6) is 2.23. The summed E-state index contributed by atoms with van der Waals surface area (Å²) in [5, 5.41) is 9.75. The molecule has 1 N–H and O–H groups in total. The second kappa shape index (κ2) is 2.47. The van der Waals surface area contributed by atoms with Crippen molar-refractivity contribution in [1.29, 1.82) is 0 Å². The van der Waals surface area contributed by atoms with Crippen LogP contribution in [0.5, 0.6) is 0 Å². The molecular weight excluding hydrogens is 148 g/mol. The first-order valence-corrected chi connectivity index (χ1v) is 5.16. The Kier molecular flexibility index (Phi) is 1.76. The van der Waals surface area contributed by atoms with Crippen LogP contribution in [0.2, 0.25) is 0 Å². The molecule has 0 radical (unpaired) electrons. The van der Waals surface area contributed by atoms with Crippen molar-refractivity contribution in [2.24, 2.45) is 23.2 Å². The highest BCUT2D eigenvalue weighted by molar-refractivity contribution is 4.99. The third-order valence-electron chi connectivity index (χ3n) is 3.89. The SMILES string of the molecule is CC(C)(C)[C@H]1C[C@H]2C[C@@H]1[C@H](O)C2. The molecule has 0 amide bonds. The van der Waals surface area contributed by atoms with Gasteiger partial charge in [-0.25, -0.2) is 0 Å². The van der Waals surface area contributed by atoms with Crippen molar-refractivity contribution < 1.29 is 5.11 Å². The molecule has 0 saturated heterocycles. The fourth-order valence-corrected chi connectivity index (χ4v) is 3.31. The molecule has 0 spiro atoms. The van der Waals surface area contributed by atoms with Gasteiger partial charge in [0, 0.05) is 0 Å². The molecule has 0 aromatic carbocycles. The average molecular weight is 168 g/mol. The van der Waals surface area contributed by atoms with Crippen LogP contribution < -0.4 is 0 Å². The maximum atomic E-state index is 9.75. The average Bonchev–Trinajstić information content (AvgIpc) is 2.41. The Bertz CT molecular complexity index is 180. The normalized spacial score (nSPS) is 47.0. The van der Waals surface area contributed by atoms with E-state index in [2.05, 4.69) is 20.8 Å². The van der Waals surface area contributed by atoms with E-state index in [4.69, 9.17) is 0 Å². The molecule has 2 aliphatic rings. The second-order valence-electron chi connectivity index (χ2n) is 5.78. The van der Waals surface area contributed by atoms with E-state index in [-0.39, 0.29) is 6.10 Å². The number of aliphatic hydroxyl groups excluding tert-OH is 1. The van der Waals surface area contributed by atoms with Crippen molar-refractivity contribution in [2.45, 2.75) is 46.1 Å². The predicted octanol–water partition coefficient (Wildman–Crippen LogP) is 2.44. The molecule has 12 heavy (non-hydrogen) atoms. The van der Waals surface area contributed by atoms with Gasteiger partial charge in [0.05, 0.1) is 6.10 Å². The Balaban J connectivity index is 2.12. The first-order valence-electron chi connectivity index (χ1n) is 5.16. The van der Waals surface area contributed by atoms with E-state index in [0.29, 0.717) is 11.3 Å². The second-order valence-corrected chi connectivity index (χ2v) is 5.78. The first kappa shape index (κ1) is 8.55. The van der Waals surface area contributed by atoms with E-state index in [1.165, 1.54) is 12.8 Å². The maximum Gasteiger partial charge on any atom is 0.0574 e. The van der Waals surface area contributed by atoms with Gasteiger partial charge in [-0.2, -0.15) is 0 Å². The zero-order valence-electron chi connectivity index (χ0n) is 8.38. The number of hydrogen-bond donors (Lipinski definition) is 1. The third-order valence-corrected chi connectivity index (χ3v) is 3.89. The van der Waals surface area contributed by atoms with Crippen LogP contribution in [0.4, 0.5) is 0 Å². The van der Waals surface area contributed by atoms with Gasteiger partial charge in [-0.05, 0) is 42.4 Å². The summed E-state index contributed by atoms with van der Waals surface area (Å²) in [5.41, 5.74) is 0.404. The minimum atomic E-state index is 0.0213. The lowest BCUT2D eigenvalue weighted by atomic mass is 9.71. The molecule has 1 nitrogen and oxygen atoms in total. The smallest absolute Gasteiger partial charge is 0.0574 e. The molecular formula is C11H20O. The maximum absolute atomic E-state index is 9.75. The Morgan fingerprint density at radius 1 is 1.08 bits per heavy atom. The molecule has 2 fully saturated rings. The lowest BCUT2D eigenvalue weighted by Gasteiger charge is -2.36. The zero-order chi connectivity index (χ0) is 8.93. The van der Waals surface area contributed by atoms with Gasteiger partial charge in [-0.15, -0.1) is 0 Å². The lowest BCUT2D eigenvalue weighted by molar-refractivity contribution is 0.0373. The molecule has 2 aliphatic carbocycles. The highest BCUT2D eigenvalue weighted by atomic mass is 16.3. The van der Waals surface area contributed by atoms with E-state index in [0.717, 1.165) is 18.3 Å². The quantitative estimate of drug-likeness (QED) is 0.589. The molecule has 0 aliphatic heterocycles. The number of aliphatic hydroxyl groups is 1. The first-order chi connectivity index (χ1) is 5.48. The van der Waals surface area contributed by atoms with Gasteiger partial charge < -0.3 is 5.11 Å². The van der Waals surface area contributed by atoms with Gasteiger partial charge in [-0.3, -0.25) is 0 Å². The van der Waals surface area contributed by atoms with Gasteiger partial charge in [0.2, 0.25) is 0 Å². The van der Waals surface area contributed by atoms with Crippen LogP contribution in [-0.2, 0) is 0 Å². The monoisotopic (exact) mass is 168 g/mol. The summed E-state index contributed by atoms with van der Waals surface area (Å²) in [6.07, 6.45) is 3.76. The molecule has 2 saturated carbocycles. The molecule has 2 bridgehead atoms.